The highest BCUT2D eigenvalue weighted by atomic mass is 16.4. The molecule has 6 nitrogen and oxygen atoms in total. The highest BCUT2D eigenvalue weighted by molar-refractivity contribution is 5.64. The van der Waals surface area contributed by atoms with Crippen LogP contribution in [0.3, 0.4) is 0 Å². The minimum absolute atomic E-state index is 0.265. The zero-order chi connectivity index (χ0) is 17.3. The summed E-state index contributed by atoms with van der Waals surface area (Å²) in [6, 6.07) is 0. The van der Waals surface area contributed by atoms with Crippen molar-refractivity contribution in [2.24, 2.45) is 4.99 Å². The molecule has 0 aromatic carbocycles. The van der Waals surface area contributed by atoms with Gasteiger partial charge in [-0.2, -0.15) is 0 Å². The van der Waals surface area contributed by atoms with Gasteiger partial charge in [0.25, 0.3) is 0 Å². The van der Waals surface area contributed by atoms with E-state index < -0.39 is 31.0 Å². The first-order valence-electron chi connectivity index (χ1n) is 8.78. The van der Waals surface area contributed by atoms with E-state index in [1.807, 2.05) is 0 Å². The Morgan fingerprint density at radius 1 is 0.870 bits per heavy atom. The molecule has 0 saturated heterocycles. The zero-order valence-electron chi connectivity index (χ0n) is 14.1. The van der Waals surface area contributed by atoms with Crippen LogP contribution in [0.5, 0.6) is 0 Å². The van der Waals surface area contributed by atoms with Crippen LogP contribution in [-0.2, 0) is 0 Å². The summed E-state index contributed by atoms with van der Waals surface area (Å²) in [7, 11) is 0. The monoisotopic (exact) mass is 331 g/mol. The van der Waals surface area contributed by atoms with Crippen LogP contribution in [0, 0.1) is 0 Å². The lowest BCUT2D eigenvalue weighted by Crippen LogP contribution is -2.46. The fourth-order valence-corrected chi connectivity index (χ4v) is 3.03. The van der Waals surface area contributed by atoms with Crippen LogP contribution in [0.4, 0.5) is 0 Å². The van der Waals surface area contributed by atoms with Gasteiger partial charge in [-0.1, -0.05) is 44.9 Å². The van der Waals surface area contributed by atoms with E-state index >= 15 is 0 Å². The molecule has 0 aliphatic heterocycles. The Bertz CT molecular complexity index is 340. The van der Waals surface area contributed by atoms with Crippen LogP contribution in [0.1, 0.15) is 64.7 Å². The molecule has 0 bridgehead atoms. The molecular formula is C17H33NO5. The molecular weight excluding hydrogens is 298 g/mol. The van der Waals surface area contributed by atoms with Crippen molar-refractivity contribution >= 4 is 6.21 Å². The van der Waals surface area contributed by atoms with Crippen molar-refractivity contribution in [3.63, 3.8) is 0 Å². The van der Waals surface area contributed by atoms with E-state index in [0.717, 1.165) is 25.7 Å². The van der Waals surface area contributed by atoms with E-state index in [0.29, 0.717) is 0 Å². The SMILES string of the molecule is CC1(N=CC(O)C(O)C(O)C(O)CO)CCCCCCCCC1. The molecule has 0 radical (unpaired) electrons. The molecule has 1 fully saturated rings. The van der Waals surface area contributed by atoms with E-state index in [2.05, 4.69) is 11.9 Å². The van der Waals surface area contributed by atoms with Gasteiger partial charge in [0.15, 0.2) is 0 Å². The summed E-state index contributed by atoms with van der Waals surface area (Å²) in [5.74, 6) is 0. The third-order valence-electron chi connectivity index (χ3n) is 4.75. The number of aliphatic imine (C=N–C) groups is 1. The first-order chi connectivity index (χ1) is 10.9. The average Bonchev–Trinajstić information content (AvgIpc) is 2.56. The molecule has 0 spiro atoms. The van der Waals surface area contributed by atoms with Gasteiger partial charge in [-0.05, 0) is 19.8 Å². The lowest BCUT2D eigenvalue weighted by atomic mass is 9.87. The molecule has 5 N–H and O–H groups in total. The lowest BCUT2D eigenvalue weighted by molar-refractivity contribution is -0.1000. The molecule has 4 unspecified atom stereocenters. The summed E-state index contributed by atoms with van der Waals surface area (Å²) < 4.78 is 0. The summed E-state index contributed by atoms with van der Waals surface area (Å²) in [5, 5.41) is 47.5. The Morgan fingerprint density at radius 3 is 1.83 bits per heavy atom. The van der Waals surface area contributed by atoms with Crippen molar-refractivity contribution in [2.45, 2.75) is 94.7 Å². The van der Waals surface area contributed by atoms with Crippen molar-refractivity contribution in [1.29, 1.82) is 0 Å². The molecule has 0 aromatic heterocycles. The van der Waals surface area contributed by atoms with Gasteiger partial charge in [0.05, 0.1) is 12.1 Å². The second-order valence-electron chi connectivity index (χ2n) is 6.97. The summed E-state index contributed by atoms with van der Waals surface area (Å²) in [6.45, 7) is 1.38. The first kappa shape index (κ1) is 20.5. The maximum Gasteiger partial charge on any atom is 0.117 e. The molecule has 0 amide bonds. The molecule has 1 aliphatic carbocycles. The van der Waals surface area contributed by atoms with E-state index in [-0.39, 0.29) is 5.54 Å². The highest BCUT2D eigenvalue weighted by Gasteiger charge is 2.30. The Labute approximate surface area is 138 Å². The average molecular weight is 331 g/mol. The van der Waals surface area contributed by atoms with Gasteiger partial charge in [0, 0.05) is 6.21 Å². The third kappa shape index (κ3) is 7.27. The normalized spacial score (nSPS) is 25.7. The van der Waals surface area contributed by atoms with Crippen molar-refractivity contribution in [3.05, 3.63) is 0 Å². The third-order valence-corrected chi connectivity index (χ3v) is 4.75. The maximum atomic E-state index is 9.95. The molecule has 4 atom stereocenters. The fraction of sp³-hybridized carbons (Fsp3) is 0.941. The van der Waals surface area contributed by atoms with Crippen LogP contribution >= 0.6 is 0 Å². The predicted octanol–water partition coefficient (Wildman–Crippen LogP) is 0.776. The van der Waals surface area contributed by atoms with E-state index in [1.165, 1.54) is 38.3 Å². The summed E-state index contributed by atoms with van der Waals surface area (Å²) in [6.07, 6.45) is 5.48. The van der Waals surface area contributed by atoms with Crippen LogP contribution in [0.25, 0.3) is 0 Å². The molecule has 0 heterocycles. The van der Waals surface area contributed by atoms with Crippen molar-refractivity contribution < 1.29 is 25.5 Å². The molecule has 1 saturated carbocycles. The lowest BCUT2D eigenvalue weighted by Gasteiger charge is -2.28. The Kier molecular flexibility index (Phi) is 9.24. The quantitative estimate of drug-likeness (QED) is 0.462. The van der Waals surface area contributed by atoms with E-state index in [9.17, 15) is 20.4 Å². The second-order valence-corrected chi connectivity index (χ2v) is 6.97. The minimum Gasteiger partial charge on any atom is -0.394 e. The van der Waals surface area contributed by atoms with E-state index in [1.54, 1.807) is 0 Å². The summed E-state index contributed by atoms with van der Waals surface area (Å²) in [4.78, 5) is 4.49. The summed E-state index contributed by atoms with van der Waals surface area (Å²) in [5.41, 5.74) is -0.265. The zero-order valence-corrected chi connectivity index (χ0v) is 14.1. The van der Waals surface area contributed by atoms with Crippen LogP contribution in [-0.4, -0.2) is 68.3 Å². The van der Waals surface area contributed by atoms with Crippen LogP contribution in [0.2, 0.25) is 0 Å². The van der Waals surface area contributed by atoms with Crippen molar-refractivity contribution in [2.75, 3.05) is 6.61 Å². The largest absolute Gasteiger partial charge is 0.394 e. The standard InChI is InChI=1S/C17H33NO5/c1-17(9-7-5-3-2-4-6-8-10-17)18-11-13(20)15(22)16(23)14(21)12-19/h11,13-16,19-23H,2-10,12H2,1H3. The minimum atomic E-state index is -1.61. The number of aliphatic hydroxyl groups excluding tert-OH is 5. The fourth-order valence-electron chi connectivity index (χ4n) is 3.03. The first-order valence-corrected chi connectivity index (χ1v) is 8.78. The van der Waals surface area contributed by atoms with Gasteiger partial charge in [-0.15, -0.1) is 0 Å². The number of hydrogen-bond acceptors (Lipinski definition) is 6. The second kappa shape index (κ2) is 10.4. The van der Waals surface area contributed by atoms with Gasteiger partial charge in [0.2, 0.25) is 0 Å². The van der Waals surface area contributed by atoms with Crippen LogP contribution in [0.15, 0.2) is 4.99 Å². The van der Waals surface area contributed by atoms with Gasteiger partial charge < -0.3 is 25.5 Å². The number of aliphatic hydroxyl groups is 5. The molecule has 0 aromatic rings. The number of rotatable bonds is 6. The molecule has 1 rings (SSSR count). The van der Waals surface area contributed by atoms with E-state index in [4.69, 9.17) is 5.11 Å². The van der Waals surface area contributed by atoms with Crippen LogP contribution < -0.4 is 0 Å². The summed E-state index contributed by atoms with van der Waals surface area (Å²) >= 11 is 0. The van der Waals surface area contributed by atoms with Gasteiger partial charge >= 0.3 is 0 Å². The molecule has 6 heteroatoms. The highest BCUT2D eigenvalue weighted by Crippen LogP contribution is 2.28. The molecule has 136 valence electrons. The Morgan fingerprint density at radius 2 is 1.35 bits per heavy atom. The Hall–Kier alpha value is -0.530. The topological polar surface area (TPSA) is 114 Å². The van der Waals surface area contributed by atoms with Gasteiger partial charge in [-0.3, -0.25) is 4.99 Å². The maximum absolute atomic E-state index is 9.95. The predicted molar refractivity (Wildman–Crippen MR) is 89.6 cm³/mol. The number of nitrogens with zero attached hydrogens (tertiary/aromatic N) is 1. The van der Waals surface area contributed by atoms with Gasteiger partial charge in [0.1, 0.15) is 24.4 Å². The molecule has 23 heavy (non-hydrogen) atoms. The van der Waals surface area contributed by atoms with Gasteiger partial charge in [-0.25, -0.2) is 0 Å². The smallest absolute Gasteiger partial charge is 0.117 e. The van der Waals surface area contributed by atoms with Crippen molar-refractivity contribution in [3.8, 4) is 0 Å². The molecule has 1 aliphatic rings. The Balaban J connectivity index is 2.62. The van der Waals surface area contributed by atoms with Crippen molar-refractivity contribution in [1.82, 2.24) is 0 Å². The number of hydrogen-bond donors (Lipinski definition) is 5.